The van der Waals surface area contributed by atoms with E-state index in [2.05, 4.69) is 233 Å². The molecule has 0 unspecified atom stereocenters. The SMILES string of the molecule is CC(C)[Si](C#Cc1ccc(-c2cn(C3CCC(n4cc(-c5ccc(-c6cn(-c7ccc(-n8cc(-c9cc(-c%10cn(-c%11cc(C(C)(C)C)cc(C(C)(C)C)c%11)nn%10)cc(-c%10cn(-c%11cc(C(C)(C)C)cc(C(C)(C)C)c%11)nn%10)c9)nn8)cc7)nn6)nc5)nn4)CC3)nn2)nc1)(C(C)C)C(C)C. The minimum Gasteiger partial charge on any atom is -0.254 e. The van der Waals surface area contributed by atoms with E-state index in [1.807, 2.05) is 111 Å². The highest BCUT2D eigenvalue weighted by atomic mass is 28.3. The molecule has 0 amide bonds. The molecule has 512 valence electrons. The lowest BCUT2D eigenvalue weighted by molar-refractivity contribution is 0.245. The van der Waals surface area contributed by atoms with Crippen LogP contribution in [0.3, 0.4) is 0 Å². The second kappa shape index (κ2) is 26.5. The average Bonchev–Trinajstić information content (AvgIpc) is 1.08. The van der Waals surface area contributed by atoms with Gasteiger partial charge in [-0.1, -0.05) is 174 Å². The lowest BCUT2D eigenvalue weighted by Gasteiger charge is -2.38. The summed E-state index contributed by atoms with van der Waals surface area (Å²) in [5.74, 6) is 3.52. The van der Waals surface area contributed by atoms with Gasteiger partial charge in [0.25, 0.3) is 0 Å². The van der Waals surface area contributed by atoms with Gasteiger partial charge in [0.05, 0.1) is 83.4 Å². The van der Waals surface area contributed by atoms with Crippen molar-refractivity contribution >= 4 is 8.07 Å². The summed E-state index contributed by atoms with van der Waals surface area (Å²) >= 11 is 0. The summed E-state index contributed by atoms with van der Waals surface area (Å²) in [6.07, 6.45) is 19.3. The van der Waals surface area contributed by atoms with E-state index in [1.54, 1.807) is 9.36 Å². The number of benzene rings is 4. The van der Waals surface area contributed by atoms with E-state index in [4.69, 9.17) is 35.7 Å². The number of nitrogens with zero attached hydrogens (tertiary/aromatic N) is 20. The van der Waals surface area contributed by atoms with Crippen molar-refractivity contribution in [3.63, 3.8) is 0 Å². The zero-order chi connectivity index (χ0) is 70.8. The first-order chi connectivity index (χ1) is 47.4. The summed E-state index contributed by atoms with van der Waals surface area (Å²) in [6.45, 7) is 40.9. The molecule has 0 saturated heterocycles. The molecule has 0 bridgehead atoms. The van der Waals surface area contributed by atoms with E-state index in [9.17, 15) is 0 Å². The van der Waals surface area contributed by atoms with Crippen molar-refractivity contribution in [3.8, 4) is 102 Å². The van der Waals surface area contributed by atoms with Crippen LogP contribution in [-0.2, 0) is 21.7 Å². The van der Waals surface area contributed by atoms with Crippen LogP contribution in [0.4, 0.5) is 0 Å². The van der Waals surface area contributed by atoms with Crippen molar-refractivity contribution < 1.29 is 0 Å². The van der Waals surface area contributed by atoms with Gasteiger partial charge in [0.15, 0.2) is 0 Å². The van der Waals surface area contributed by atoms with Crippen LogP contribution in [0.15, 0.2) is 153 Å². The monoisotopic (exact) mass is 1350 g/mol. The summed E-state index contributed by atoms with van der Waals surface area (Å²) < 4.78 is 11.3. The van der Waals surface area contributed by atoms with Gasteiger partial charge in [-0.15, -0.1) is 36.1 Å². The largest absolute Gasteiger partial charge is 0.254 e. The molecule has 0 N–H and O–H groups in total. The predicted molar refractivity (Wildman–Crippen MR) is 397 cm³/mol. The van der Waals surface area contributed by atoms with Gasteiger partial charge >= 0.3 is 0 Å². The standard InChI is InChI=1S/C79H92N20Si/c1-50(2)100(51(3)4,52(5)6)32-31-53-19-29-68(80-42-53)74-48-96(92-86-74)64-25-21-62(22-26-64)94-44-70(82-88-94)54-20-30-69(81-43-54)75-49-97(93-87-75)65-27-23-63(24-28-65)95-45-71(83-89-95)55-33-56(72-46-98(90-84-72)66-38-58(76(7,8)9)36-59(39-66)77(10,11)12)35-57(34-55)73-47-99(91-85-73)67-40-60(78(13,14)15)37-61(41-67)79(16,17)18/h19-20,23-24,27-30,33-52,62,64H,21-22,25-26H2,1-18H3. The summed E-state index contributed by atoms with van der Waals surface area (Å²) in [4.78, 5) is 9.57. The molecule has 8 heterocycles. The zero-order valence-electron chi connectivity index (χ0n) is 61.1. The van der Waals surface area contributed by atoms with E-state index < -0.39 is 8.07 Å². The Morgan fingerprint density at radius 1 is 0.340 bits per heavy atom. The molecule has 1 aliphatic carbocycles. The maximum Gasteiger partial charge on any atom is 0.146 e. The Bertz CT molecular complexity index is 4730. The van der Waals surface area contributed by atoms with Crippen molar-refractivity contribution in [2.45, 2.75) is 201 Å². The van der Waals surface area contributed by atoms with E-state index >= 15 is 0 Å². The van der Waals surface area contributed by atoms with Crippen LogP contribution >= 0.6 is 0 Å². The molecule has 12 aromatic rings. The molecule has 8 aromatic heterocycles. The van der Waals surface area contributed by atoms with E-state index in [1.165, 1.54) is 22.3 Å². The molecule has 0 radical (unpaired) electrons. The Morgan fingerprint density at radius 3 is 1.04 bits per heavy atom. The van der Waals surface area contributed by atoms with Crippen molar-refractivity contribution in [2.24, 2.45) is 0 Å². The summed E-state index contributed by atoms with van der Waals surface area (Å²) in [7, 11) is -1.84. The number of pyridine rings is 2. The fraction of sp³-hybridized carbons (Fsp3) is 0.392. The second-order valence-corrected chi connectivity index (χ2v) is 37.8. The van der Waals surface area contributed by atoms with Crippen molar-refractivity contribution in [3.05, 3.63) is 181 Å². The van der Waals surface area contributed by atoms with E-state index in [-0.39, 0.29) is 33.7 Å². The number of aromatic nitrogens is 20. The fourth-order valence-electron chi connectivity index (χ4n) is 13.8. The maximum atomic E-state index is 4.80. The minimum absolute atomic E-state index is 0.0728. The first-order valence-electron chi connectivity index (χ1n) is 35.0. The van der Waals surface area contributed by atoms with Gasteiger partial charge in [0, 0.05) is 40.2 Å². The Labute approximate surface area is 588 Å². The first-order valence-corrected chi connectivity index (χ1v) is 37.3. The molecule has 21 heteroatoms. The number of hydrogen-bond donors (Lipinski definition) is 0. The predicted octanol–water partition coefficient (Wildman–Crippen LogP) is 17.1. The van der Waals surface area contributed by atoms with Gasteiger partial charge in [-0.3, -0.25) is 9.97 Å². The Morgan fingerprint density at radius 2 is 0.670 bits per heavy atom. The van der Waals surface area contributed by atoms with Crippen LogP contribution in [0.5, 0.6) is 0 Å². The quantitative estimate of drug-likeness (QED) is 0.0691. The highest BCUT2D eigenvalue weighted by Crippen LogP contribution is 2.42. The molecule has 0 atom stereocenters. The Hall–Kier alpha value is -10.2. The van der Waals surface area contributed by atoms with Crippen molar-refractivity contribution in [1.82, 2.24) is 99.9 Å². The van der Waals surface area contributed by atoms with Crippen LogP contribution < -0.4 is 0 Å². The third kappa shape index (κ3) is 14.2. The van der Waals surface area contributed by atoms with E-state index in [0.29, 0.717) is 45.1 Å². The lowest BCUT2D eigenvalue weighted by atomic mass is 9.80. The fourth-order valence-corrected chi connectivity index (χ4v) is 19.0. The van der Waals surface area contributed by atoms with Gasteiger partial charge in [-0.05, 0) is 177 Å². The highest BCUT2D eigenvalue weighted by Gasteiger charge is 2.42. The second-order valence-electron chi connectivity index (χ2n) is 32.2. The Balaban J connectivity index is 0.684. The zero-order valence-corrected chi connectivity index (χ0v) is 62.1. The molecular formula is C79H92N20Si. The third-order valence-electron chi connectivity index (χ3n) is 20.1. The molecule has 0 spiro atoms. The maximum absolute atomic E-state index is 4.80. The van der Waals surface area contributed by atoms with Crippen LogP contribution in [0.1, 0.15) is 190 Å². The summed E-state index contributed by atoms with van der Waals surface area (Å²) in [5.41, 5.74) is 23.7. The topological polar surface area (TPSA) is 210 Å². The van der Waals surface area contributed by atoms with Crippen LogP contribution in [0, 0.1) is 11.5 Å². The molecule has 1 saturated carbocycles. The smallest absolute Gasteiger partial charge is 0.146 e. The molecular weight excluding hydrogens is 1260 g/mol. The van der Waals surface area contributed by atoms with Crippen LogP contribution in [0.25, 0.3) is 90.6 Å². The molecule has 1 fully saturated rings. The molecule has 4 aromatic carbocycles. The third-order valence-corrected chi connectivity index (χ3v) is 26.4. The summed E-state index contributed by atoms with van der Waals surface area (Å²) in [6, 6.07) is 36.2. The first kappa shape index (κ1) is 68.3. The van der Waals surface area contributed by atoms with Crippen LogP contribution in [0.2, 0.25) is 16.6 Å². The lowest BCUT2D eigenvalue weighted by Crippen LogP contribution is -2.43. The molecule has 13 rings (SSSR count). The van der Waals surface area contributed by atoms with Gasteiger partial charge in [0.2, 0.25) is 0 Å². The normalized spacial score (nSPS) is 14.9. The van der Waals surface area contributed by atoms with Gasteiger partial charge in [-0.2, -0.15) is 0 Å². The average molecular weight is 1350 g/mol. The highest BCUT2D eigenvalue weighted by molar-refractivity contribution is 6.90. The molecule has 0 aliphatic heterocycles. The van der Waals surface area contributed by atoms with E-state index in [0.717, 1.165) is 93.3 Å². The van der Waals surface area contributed by atoms with Crippen molar-refractivity contribution in [2.75, 3.05) is 0 Å². The van der Waals surface area contributed by atoms with Gasteiger partial charge in [-0.25, -0.2) is 28.1 Å². The van der Waals surface area contributed by atoms with Crippen LogP contribution in [-0.4, -0.2) is 108 Å². The Kier molecular flexibility index (Phi) is 18.1. The number of hydrogen-bond acceptors (Lipinski definition) is 14. The van der Waals surface area contributed by atoms with Crippen molar-refractivity contribution in [1.29, 1.82) is 0 Å². The van der Waals surface area contributed by atoms with Gasteiger partial charge < -0.3 is 0 Å². The molecule has 20 nitrogen and oxygen atoms in total. The van der Waals surface area contributed by atoms with Gasteiger partial charge in [0.1, 0.15) is 42.2 Å². The molecule has 1 aliphatic rings. The summed E-state index contributed by atoms with van der Waals surface area (Å²) in [5, 5.41) is 55.7. The molecule has 100 heavy (non-hydrogen) atoms. The number of rotatable bonds is 15. The minimum atomic E-state index is -1.84.